The minimum atomic E-state index is 0.473. The molecule has 0 heterocycles. The molecule has 0 aromatic heterocycles. The van der Waals surface area contributed by atoms with Crippen LogP contribution in [0.25, 0.3) is 0 Å². The molecule has 0 amide bonds. The van der Waals surface area contributed by atoms with Crippen LogP contribution in [0.2, 0.25) is 0 Å². The summed E-state index contributed by atoms with van der Waals surface area (Å²) in [6, 6.07) is 19.4. The Balaban J connectivity index is 2.30. The number of methoxy groups -OCH3 is 1. The molecule has 0 saturated heterocycles. The molecule has 0 aliphatic carbocycles. The average molecular weight is 283 g/mol. The summed E-state index contributed by atoms with van der Waals surface area (Å²) in [5.74, 6) is 0.896. The van der Waals surface area contributed by atoms with E-state index in [0.29, 0.717) is 6.04 Å². The molecule has 1 atom stereocenters. The van der Waals surface area contributed by atoms with Gasteiger partial charge in [0.2, 0.25) is 0 Å². The molecule has 0 spiro atoms. The van der Waals surface area contributed by atoms with E-state index in [2.05, 4.69) is 61.2 Å². The van der Waals surface area contributed by atoms with E-state index in [4.69, 9.17) is 4.74 Å². The van der Waals surface area contributed by atoms with Gasteiger partial charge in [-0.1, -0.05) is 38.0 Å². The molecule has 0 bridgehead atoms. The van der Waals surface area contributed by atoms with Crippen molar-refractivity contribution in [3.8, 4) is 5.75 Å². The summed E-state index contributed by atoms with van der Waals surface area (Å²) in [5, 5.41) is 0. The molecule has 112 valence electrons. The second-order valence-corrected chi connectivity index (χ2v) is 5.39. The van der Waals surface area contributed by atoms with Crippen LogP contribution in [0.15, 0.2) is 54.6 Å². The van der Waals surface area contributed by atoms with Gasteiger partial charge in [0.15, 0.2) is 0 Å². The summed E-state index contributed by atoms with van der Waals surface area (Å²) in [6.45, 7) is 4.54. The van der Waals surface area contributed by atoms with Crippen LogP contribution in [0.3, 0.4) is 0 Å². The van der Waals surface area contributed by atoms with E-state index >= 15 is 0 Å². The van der Waals surface area contributed by atoms with E-state index in [0.717, 1.165) is 5.75 Å². The first-order valence-corrected chi connectivity index (χ1v) is 7.74. The smallest absolute Gasteiger partial charge is 0.119 e. The molecule has 2 aromatic rings. The minimum Gasteiger partial charge on any atom is -0.497 e. The van der Waals surface area contributed by atoms with Crippen LogP contribution in [0.4, 0.5) is 11.4 Å². The van der Waals surface area contributed by atoms with Crippen molar-refractivity contribution in [2.24, 2.45) is 0 Å². The Hall–Kier alpha value is -1.96. The molecule has 0 saturated carbocycles. The van der Waals surface area contributed by atoms with E-state index in [-0.39, 0.29) is 0 Å². The zero-order valence-corrected chi connectivity index (χ0v) is 13.3. The van der Waals surface area contributed by atoms with Gasteiger partial charge in [0.25, 0.3) is 0 Å². The highest BCUT2D eigenvalue weighted by molar-refractivity contribution is 5.64. The topological polar surface area (TPSA) is 12.5 Å². The van der Waals surface area contributed by atoms with Crippen LogP contribution in [0.1, 0.15) is 33.1 Å². The zero-order chi connectivity index (χ0) is 15.1. The van der Waals surface area contributed by atoms with Crippen molar-refractivity contribution in [1.29, 1.82) is 0 Å². The summed E-state index contributed by atoms with van der Waals surface area (Å²) in [5.41, 5.74) is 2.46. The Morgan fingerprint density at radius 1 is 0.952 bits per heavy atom. The molecule has 0 fully saturated rings. The largest absolute Gasteiger partial charge is 0.497 e. The lowest BCUT2D eigenvalue weighted by Crippen LogP contribution is -2.28. The first-order chi connectivity index (χ1) is 10.3. The highest BCUT2D eigenvalue weighted by Crippen LogP contribution is 2.30. The minimum absolute atomic E-state index is 0.473. The molecule has 1 unspecified atom stereocenters. The number of hydrogen-bond acceptors (Lipinski definition) is 2. The average Bonchev–Trinajstić information content (AvgIpc) is 2.55. The second-order valence-electron chi connectivity index (χ2n) is 5.39. The maximum atomic E-state index is 5.26. The van der Waals surface area contributed by atoms with Crippen LogP contribution >= 0.6 is 0 Å². The normalized spacial score (nSPS) is 12.0. The number of nitrogens with zero attached hydrogens (tertiary/aromatic N) is 1. The van der Waals surface area contributed by atoms with Gasteiger partial charge in [-0.25, -0.2) is 0 Å². The lowest BCUT2D eigenvalue weighted by molar-refractivity contribution is 0.415. The number of unbranched alkanes of at least 4 members (excludes halogenated alkanes) is 1. The molecule has 0 aliphatic heterocycles. The fourth-order valence-electron chi connectivity index (χ4n) is 2.62. The lowest BCUT2D eigenvalue weighted by Gasteiger charge is -2.31. The number of para-hydroxylation sites is 1. The third-order valence-electron chi connectivity index (χ3n) is 3.80. The number of benzene rings is 2. The summed E-state index contributed by atoms with van der Waals surface area (Å²) < 4.78 is 5.26. The van der Waals surface area contributed by atoms with Gasteiger partial charge < -0.3 is 9.64 Å². The predicted molar refractivity (Wildman–Crippen MR) is 90.6 cm³/mol. The quantitative estimate of drug-likeness (QED) is 0.673. The molecule has 0 radical (unpaired) electrons. The highest BCUT2D eigenvalue weighted by Gasteiger charge is 2.16. The van der Waals surface area contributed by atoms with Gasteiger partial charge in [0, 0.05) is 17.4 Å². The molecular formula is C19H25NO. The highest BCUT2D eigenvalue weighted by atomic mass is 16.5. The number of ether oxygens (including phenoxy) is 1. The summed E-state index contributed by atoms with van der Waals surface area (Å²) in [7, 11) is 1.70. The number of rotatable bonds is 7. The Labute approximate surface area is 128 Å². The standard InChI is InChI=1S/C19H25NO/c1-4-5-9-16(2)20(17-10-7-6-8-11-17)18-12-14-19(21-3)15-13-18/h6-8,10-16H,4-5,9H2,1-3H3. The fourth-order valence-corrected chi connectivity index (χ4v) is 2.62. The Bertz CT molecular complexity index is 521. The Kier molecular flexibility index (Phi) is 5.68. The van der Waals surface area contributed by atoms with Gasteiger partial charge in [0.05, 0.1) is 7.11 Å². The molecular weight excluding hydrogens is 258 g/mol. The SMILES string of the molecule is CCCCC(C)N(c1ccccc1)c1ccc(OC)cc1. The van der Waals surface area contributed by atoms with Crippen LogP contribution in [0, 0.1) is 0 Å². The molecule has 21 heavy (non-hydrogen) atoms. The van der Waals surface area contributed by atoms with E-state index < -0.39 is 0 Å². The molecule has 2 aromatic carbocycles. The van der Waals surface area contributed by atoms with Crippen molar-refractivity contribution in [1.82, 2.24) is 0 Å². The molecule has 2 rings (SSSR count). The lowest BCUT2D eigenvalue weighted by atomic mass is 10.1. The van der Waals surface area contributed by atoms with Crippen molar-refractivity contribution in [2.45, 2.75) is 39.2 Å². The van der Waals surface area contributed by atoms with Gasteiger partial charge in [-0.15, -0.1) is 0 Å². The molecule has 2 heteroatoms. The number of hydrogen-bond donors (Lipinski definition) is 0. The third-order valence-corrected chi connectivity index (χ3v) is 3.80. The van der Waals surface area contributed by atoms with E-state index in [1.807, 2.05) is 12.1 Å². The zero-order valence-electron chi connectivity index (χ0n) is 13.3. The van der Waals surface area contributed by atoms with Crippen LogP contribution in [0.5, 0.6) is 5.75 Å². The van der Waals surface area contributed by atoms with E-state index in [9.17, 15) is 0 Å². The molecule has 0 N–H and O–H groups in total. The summed E-state index contributed by atoms with van der Waals surface area (Å²) >= 11 is 0. The predicted octanol–water partition coefficient (Wildman–Crippen LogP) is 5.41. The first kappa shape index (κ1) is 15.4. The first-order valence-electron chi connectivity index (χ1n) is 7.74. The van der Waals surface area contributed by atoms with Crippen LogP contribution in [-0.4, -0.2) is 13.2 Å². The molecule has 2 nitrogen and oxygen atoms in total. The van der Waals surface area contributed by atoms with Gasteiger partial charge in [-0.2, -0.15) is 0 Å². The number of anilines is 2. The van der Waals surface area contributed by atoms with Gasteiger partial charge in [0.1, 0.15) is 5.75 Å². The maximum absolute atomic E-state index is 5.26. The van der Waals surface area contributed by atoms with Crippen molar-refractivity contribution >= 4 is 11.4 Å². The summed E-state index contributed by atoms with van der Waals surface area (Å²) in [4.78, 5) is 2.41. The van der Waals surface area contributed by atoms with Crippen LogP contribution < -0.4 is 9.64 Å². The van der Waals surface area contributed by atoms with Crippen molar-refractivity contribution < 1.29 is 4.74 Å². The van der Waals surface area contributed by atoms with E-state index in [1.165, 1.54) is 30.6 Å². The van der Waals surface area contributed by atoms with Crippen molar-refractivity contribution in [3.05, 3.63) is 54.6 Å². The fraction of sp³-hybridized carbons (Fsp3) is 0.368. The van der Waals surface area contributed by atoms with Gasteiger partial charge in [-0.05, 0) is 49.7 Å². The maximum Gasteiger partial charge on any atom is 0.119 e. The van der Waals surface area contributed by atoms with Gasteiger partial charge >= 0.3 is 0 Å². The van der Waals surface area contributed by atoms with Crippen LogP contribution in [-0.2, 0) is 0 Å². The van der Waals surface area contributed by atoms with E-state index in [1.54, 1.807) is 7.11 Å². The molecule has 0 aliphatic rings. The Morgan fingerprint density at radius 2 is 1.57 bits per heavy atom. The summed E-state index contributed by atoms with van der Waals surface area (Å²) in [6.07, 6.45) is 3.67. The van der Waals surface area contributed by atoms with Crippen molar-refractivity contribution in [3.63, 3.8) is 0 Å². The monoisotopic (exact) mass is 283 g/mol. The van der Waals surface area contributed by atoms with Gasteiger partial charge in [-0.3, -0.25) is 0 Å². The second kappa shape index (κ2) is 7.72. The Morgan fingerprint density at radius 3 is 2.14 bits per heavy atom. The van der Waals surface area contributed by atoms with Crippen molar-refractivity contribution in [2.75, 3.05) is 12.0 Å². The third kappa shape index (κ3) is 4.01.